The zero-order valence-electron chi connectivity index (χ0n) is 23.4. The molecule has 0 aromatic heterocycles. The molecule has 41 heavy (non-hydrogen) atoms. The standard InChI is InChI=1S/C30H35FN4O6/c1-38-27-16-21(17-28(39-2)29(27)40-3)18-32-33-30(37)22-4-10-26(11-5-22)41-20-25(36)19-34-12-14-35(15-13-34)24-8-6-23(31)7-9-24/h4-11,16-18,25,36H,12-15,19-20H2,1-3H3,(H,33,37)/b32-18+/t25-/m1/s1. The molecule has 0 spiro atoms. The maximum Gasteiger partial charge on any atom is 0.271 e. The van der Waals surface area contributed by atoms with Crippen molar-refractivity contribution in [1.29, 1.82) is 0 Å². The number of ether oxygens (including phenoxy) is 4. The quantitative estimate of drug-likeness (QED) is 0.255. The lowest BCUT2D eigenvalue weighted by Crippen LogP contribution is -2.49. The van der Waals surface area contributed by atoms with Crippen LogP contribution in [0.5, 0.6) is 23.0 Å². The summed E-state index contributed by atoms with van der Waals surface area (Å²) in [5, 5.41) is 14.5. The SMILES string of the molecule is COc1cc(/C=N/NC(=O)c2ccc(OC[C@H](O)CN3CCN(c4ccc(F)cc4)CC3)cc2)cc(OC)c1OC. The van der Waals surface area contributed by atoms with E-state index < -0.39 is 6.10 Å². The van der Waals surface area contributed by atoms with Gasteiger partial charge in [-0.15, -0.1) is 0 Å². The van der Waals surface area contributed by atoms with Crippen LogP contribution in [0.25, 0.3) is 0 Å². The van der Waals surface area contributed by atoms with Gasteiger partial charge >= 0.3 is 0 Å². The molecule has 1 aliphatic rings. The number of nitrogens with one attached hydrogen (secondary N) is 1. The van der Waals surface area contributed by atoms with Crippen LogP contribution in [0.1, 0.15) is 15.9 Å². The molecule has 0 radical (unpaired) electrons. The zero-order chi connectivity index (χ0) is 29.2. The summed E-state index contributed by atoms with van der Waals surface area (Å²) in [6.45, 7) is 3.80. The number of aliphatic hydroxyl groups excluding tert-OH is 1. The number of hydrazone groups is 1. The molecule has 1 atom stereocenters. The first-order valence-corrected chi connectivity index (χ1v) is 13.2. The van der Waals surface area contributed by atoms with Gasteiger partial charge in [-0.1, -0.05) is 0 Å². The minimum absolute atomic E-state index is 0.128. The van der Waals surface area contributed by atoms with E-state index in [0.717, 1.165) is 31.9 Å². The molecule has 218 valence electrons. The van der Waals surface area contributed by atoms with E-state index in [1.807, 2.05) is 0 Å². The first-order chi connectivity index (χ1) is 19.9. The minimum atomic E-state index is -0.667. The molecule has 1 heterocycles. The predicted octanol–water partition coefficient (Wildman–Crippen LogP) is 3.18. The molecule has 3 aromatic rings. The summed E-state index contributed by atoms with van der Waals surface area (Å²) in [5.74, 6) is 1.33. The molecule has 11 heteroatoms. The van der Waals surface area contributed by atoms with Crippen molar-refractivity contribution in [2.24, 2.45) is 5.10 Å². The lowest BCUT2D eigenvalue weighted by Gasteiger charge is -2.36. The van der Waals surface area contributed by atoms with Crippen molar-refractivity contribution in [3.63, 3.8) is 0 Å². The number of hydrogen-bond acceptors (Lipinski definition) is 9. The molecule has 3 aromatic carbocycles. The van der Waals surface area contributed by atoms with Gasteiger partial charge in [-0.2, -0.15) is 5.10 Å². The molecule has 1 amide bonds. The number of hydrogen-bond donors (Lipinski definition) is 2. The van der Waals surface area contributed by atoms with Crippen LogP contribution in [0.15, 0.2) is 65.8 Å². The number of carbonyl (C=O) groups excluding carboxylic acids is 1. The lowest BCUT2D eigenvalue weighted by molar-refractivity contribution is 0.0663. The van der Waals surface area contributed by atoms with Crippen molar-refractivity contribution < 1.29 is 33.2 Å². The highest BCUT2D eigenvalue weighted by Crippen LogP contribution is 2.37. The van der Waals surface area contributed by atoms with Crippen LogP contribution in [0, 0.1) is 5.82 Å². The Balaban J connectivity index is 1.20. The minimum Gasteiger partial charge on any atom is -0.493 e. The fourth-order valence-corrected chi connectivity index (χ4v) is 4.49. The number of methoxy groups -OCH3 is 3. The molecule has 0 aliphatic carbocycles. The number of nitrogens with zero attached hydrogens (tertiary/aromatic N) is 3. The fourth-order valence-electron chi connectivity index (χ4n) is 4.49. The van der Waals surface area contributed by atoms with Crippen LogP contribution in [0.2, 0.25) is 0 Å². The molecular formula is C30H35FN4O6. The van der Waals surface area contributed by atoms with Crippen LogP contribution in [0.3, 0.4) is 0 Å². The highest BCUT2D eigenvalue weighted by molar-refractivity contribution is 5.95. The van der Waals surface area contributed by atoms with E-state index >= 15 is 0 Å². The average molecular weight is 567 g/mol. The third-order valence-electron chi connectivity index (χ3n) is 6.66. The van der Waals surface area contributed by atoms with Crippen LogP contribution >= 0.6 is 0 Å². The van der Waals surface area contributed by atoms with Crippen LogP contribution < -0.4 is 29.3 Å². The van der Waals surface area contributed by atoms with Crippen LogP contribution in [0.4, 0.5) is 10.1 Å². The van der Waals surface area contributed by atoms with Crippen molar-refractivity contribution in [3.8, 4) is 23.0 Å². The molecule has 1 aliphatic heterocycles. The Morgan fingerprint density at radius 2 is 1.61 bits per heavy atom. The highest BCUT2D eigenvalue weighted by Gasteiger charge is 2.20. The second-order valence-corrected chi connectivity index (χ2v) is 9.41. The summed E-state index contributed by atoms with van der Waals surface area (Å²) >= 11 is 0. The van der Waals surface area contributed by atoms with Gasteiger partial charge in [-0.3, -0.25) is 9.69 Å². The molecule has 2 N–H and O–H groups in total. The summed E-state index contributed by atoms with van der Waals surface area (Å²) < 4.78 is 34.9. The van der Waals surface area contributed by atoms with Gasteiger partial charge in [-0.25, -0.2) is 9.82 Å². The molecule has 1 fully saturated rings. The van der Waals surface area contributed by atoms with Crippen molar-refractivity contribution >= 4 is 17.8 Å². The number of halogens is 1. The maximum absolute atomic E-state index is 13.2. The van der Waals surface area contributed by atoms with E-state index in [1.165, 1.54) is 39.7 Å². The number of benzene rings is 3. The van der Waals surface area contributed by atoms with Crippen molar-refractivity contribution in [2.45, 2.75) is 6.10 Å². The Hall–Kier alpha value is -4.35. The fraction of sp³-hybridized carbons (Fsp3) is 0.333. The smallest absolute Gasteiger partial charge is 0.271 e. The van der Waals surface area contributed by atoms with E-state index in [4.69, 9.17) is 18.9 Å². The molecule has 0 bridgehead atoms. The zero-order valence-corrected chi connectivity index (χ0v) is 23.4. The van der Waals surface area contributed by atoms with Crippen LogP contribution in [-0.4, -0.2) is 88.9 Å². The normalized spacial score (nSPS) is 14.5. The second kappa shape index (κ2) is 14.3. The predicted molar refractivity (Wildman–Crippen MR) is 154 cm³/mol. The average Bonchev–Trinajstić information content (AvgIpc) is 3.00. The number of rotatable bonds is 12. The van der Waals surface area contributed by atoms with Crippen molar-refractivity contribution in [2.75, 3.05) is 65.6 Å². The Morgan fingerprint density at radius 1 is 0.976 bits per heavy atom. The summed E-state index contributed by atoms with van der Waals surface area (Å²) in [6, 6.07) is 16.5. The topological polar surface area (TPSA) is 105 Å². The van der Waals surface area contributed by atoms with Crippen molar-refractivity contribution in [1.82, 2.24) is 10.3 Å². The second-order valence-electron chi connectivity index (χ2n) is 9.41. The van der Waals surface area contributed by atoms with Gasteiger partial charge in [0.25, 0.3) is 5.91 Å². The molecule has 0 saturated carbocycles. The summed E-state index contributed by atoms with van der Waals surface area (Å²) in [6.07, 6.45) is 0.809. The maximum atomic E-state index is 13.2. The van der Waals surface area contributed by atoms with E-state index in [1.54, 1.807) is 48.5 Å². The molecule has 10 nitrogen and oxygen atoms in total. The van der Waals surface area contributed by atoms with Gasteiger partial charge < -0.3 is 29.0 Å². The molecule has 4 rings (SSSR count). The van der Waals surface area contributed by atoms with Crippen molar-refractivity contribution in [3.05, 3.63) is 77.6 Å². The Bertz CT molecular complexity index is 1290. The Morgan fingerprint density at radius 3 is 2.20 bits per heavy atom. The third-order valence-corrected chi connectivity index (χ3v) is 6.66. The number of carbonyl (C=O) groups is 1. The van der Waals surface area contributed by atoms with Gasteiger partial charge in [-0.05, 0) is 60.7 Å². The van der Waals surface area contributed by atoms with E-state index in [9.17, 15) is 14.3 Å². The van der Waals surface area contributed by atoms with E-state index in [-0.39, 0.29) is 18.3 Å². The number of anilines is 1. The van der Waals surface area contributed by atoms with E-state index in [0.29, 0.717) is 40.7 Å². The van der Waals surface area contributed by atoms with Gasteiger partial charge in [0, 0.05) is 49.5 Å². The monoisotopic (exact) mass is 566 g/mol. The van der Waals surface area contributed by atoms with Gasteiger partial charge in [0.2, 0.25) is 5.75 Å². The highest BCUT2D eigenvalue weighted by atomic mass is 19.1. The summed E-state index contributed by atoms with van der Waals surface area (Å²) in [5.41, 5.74) is 4.54. The lowest BCUT2D eigenvalue weighted by atomic mass is 10.2. The van der Waals surface area contributed by atoms with Gasteiger partial charge in [0.05, 0.1) is 27.5 Å². The molecular weight excluding hydrogens is 531 g/mol. The number of amides is 1. The largest absolute Gasteiger partial charge is 0.493 e. The Kier molecular flexibility index (Phi) is 10.4. The van der Waals surface area contributed by atoms with Gasteiger partial charge in [0.15, 0.2) is 11.5 Å². The first-order valence-electron chi connectivity index (χ1n) is 13.2. The Labute approximate surface area is 238 Å². The summed E-state index contributed by atoms with van der Waals surface area (Å²) in [7, 11) is 4.57. The third kappa shape index (κ3) is 8.09. The first kappa shape index (κ1) is 29.6. The van der Waals surface area contributed by atoms with E-state index in [2.05, 4.69) is 20.3 Å². The number of β-amino-alcohol motifs (C(OH)–C–C–N with tert-alkyl or cyclic N) is 1. The van der Waals surface area contributed by atoms with Gasteiger partial charge in [0.1, 0.15) is 24.3 Å². The molecule has 0 unspecified atom stereocenters. The number of piperazine rings is 1. The number of aliphatic hydroxyl groups is 1. The molecule has 1 saturated heterocycles. The summed E-state index contributed by atoms with van der Waals surface area (Å²) in [4.78, 5) is 16.9. The van der Waals surface area contributed by atoms with Crippen LogP contribution in [-0.2, 0) is 0 Å².